The molecule has 110 valence electrons. The zero-order valence-corrected chi connectivity index (χ0v) is 12.9. The predicted molar refractivity (Wildman–Crippen MR) is 71.1 cm³/mol. The SMILES string of the molecule is O=C(N[I-]NC(=O)c1ccccc1O)c1ccccc1O. The number of hydrogen-bond donors (Lipinski definition) is 4. The van der Waals surface area contributed by atoms with Crippen LogP contribution in [0.15, 0.2) is 48.5 Å². The maximum absolute atomic E-state index is 11.8. The molecular weight excluding hydrogens is 387 g/mol. The first kappa shape index (κ1) is 15.1. The first-order chi connectivity index (χ1) is 10.1. The second kappa shape index (κ2) is 6.93. The van der Waals surface area contributed by atoms with Crippen LogP contribution in [0.5, 0.6) is 11.5 Å². The van der Waals surface area contributed by atoms with Crippen LogP contribution in [0.25, 0.3) is 0 Å². The molecule has 2 rings (SSSR count). The number of para-hydroxylation sites is 2. The number of phenols is 2. The Balaban J connectivity index is 1.90. The van der Waals surface area contributed by atoms with E-state index in [0.29, 0.717) is 0 Å². The van der Waals surface area contributed by atoms with Gasteiger partial charge < -0.3 is 0 Å². The van der Waals surface area contributed by atoms with Gasteiger partial charge in [-0.25, -0.2) is 0 Å². The van der Waals surface area contributed by atoms with Crippen LogP contribution >= 0.6 is 0 Å². The zero-order valence-electron chi connectivity index (χ0n) is 10.7. The fraction of sp³-hybridized carbons (Fsp3) is 0. The Morgan fingerprint density at radius 2 is 1.14 bits per heavy atom. The number of rotatable bonds is 4. The first-order valence-electron chi connectivity index (χ1n) is 5.89. The Hall–Kier alpha value is -2.29. The fourth-order valence-electron chi connectivity index (χ4n) is 1.54. The average molecular weight is 399 g/mol. The Bertz CT molecular complexity index is 618. The summed E-state index contributed by atoms with van der Waals surface area (Å²) in [5.74, 6) is -1.16. The summed E-state index contributed by atoms with van der Waals surface area (Å²) >= 11 is -1.15. The quantitative estimate of drug-likeness (QED) is 0.360. The molecule has 0 bridgehead atoms. The van der Waals surface area contributed by atoms with E-state index in [1.165, 1.54) is 24.3 Å². The number of nitrogens with one attached hydrogen (secondary N) is 2. The summed E-state index contributed by atoms with van der Waals surface area (Å²) in [6.45, 7) is 0. The molecule has 0 saturated carbocycles. The minimum absolute atomic E-state index is 0.119. The molecule has 0 spiro atoms. The van der Waals surface area contributed by atoms with Gasteiger partial charge in [0.2, 0.25) is 0 Å². The van der Waals surface area contributed by atoms with Gasteiger partial charge in [-0.3, -0.25) is 0 Å². The third kappa shape index (κ3) is 3.85. The van der Waals surface area contributed by atoms with Gasteiger partial charge in [-0.05, 0) is 0 Å². The molecule has 4 N–H and O–H groups in total. The van der Waals surface area contributed by atoms with E-state index in [0.717, 1.165) is 0 Å². The molecule has 0 heterocycles. The van der Waals surface area contributed by atoms with Crippen LogP contribution in [-0.4, -0.2) is 22.0 Å². The van der Waals surface area contributed by atoms with Gasteiger partial charge in [0.05, 0.1) is 0 Å². The molecule has 0 aliphatic rings. The molecule has 0 aliphatic heterocycles. The van der Waals surface area contributed by atoms with E-state index in [1.54, 1.807) is 24.3 Å². The minimum atomic E-state index is -1.15. The van der Waals surface area contributed by atoms with E-state index < -0.39 is 33.6 Å². The van der Waals surface area contributed by atoms with Gasteiger partial charge in [0, 0.05) is 0 Å². The van der Waals surface area contributed by atoms with Crippen molar-refractivity contribution in [1.82, 2.24) is 7.06 Å². The Morgan fingerprint density at radius 3 is 1.52 bits per heavy atom. The summed E-state index contributed by atoms with van der Waals surface area (Å²) in [5, 5.41) is 19.1. The van der Waals surface area contributed by atoms with Crippen LogP contribution in [0, 0.1) is 0 Å². The molecule has 2 amide bonds. The summed E-state index contributed by atoms with van der Waals surface area (Å²) in [6.07, 6.45) is 0. The number of benzene rings is 2. The van der Waals surface area contributed by atoms with Crippen LogP contribution in [0.3, 0.4) is 0 Å². The molecule has 0 saturated heterocycles. The fourth-order valence-corrected chi connectivity index (χ4v) is 2.75. The van der Waals surface area contributed by atoms with Crippen molar-refractivity contribution < 1.29 is 41.6 Å². The zero-order chi connectivity index (χ0) is 15.2. The number of amides is 2. The number of carbonyl (C=O) groups is 2. The van der Waals surface area contributed by atoms with E-state index >= 15 is 0 Å². The monoisotopic (exact) mass is 399 g/mol. The van der Waals surface area contributed by atoms with Gasteiger partial charge in [0.1, 0.15) is 0 Å². The number of hydrogen-bond acceptors (Lipinski definition) is 4. The summed E-state index contributed by atoms with van der Waals surface area (Å²) < 4.78 is 5.11. The predicted octanol–water partition coefficient (Wildman–Crippen LogP) is -1.82. The number of phenolic OH excluding ortho intramolecular Hbond substituents is 2. The van der Waals surface area contributed by atoms with Crippen molar-refractivity contribution in [2.45, 2.75) is 0 Å². The molecule has 0 atom stereocenters. The van der Waals surface area contributed by atoms with E-state index in [9.17, 15) is 19.8 Å². The molecule has 2 aromatic carbocycles. The van der Waals surface area contributed by atoms with Crippen molar-refractivity contribution in [2.24, 2.45) is 0 Å². The van der Waals surface area contributed by atoms with Crippen LogP contribution < -0.4 is 28.8 Å². The summed E-state index contributed by atoms with van der Waals surface area (Å²) in [6, 6.07) is 12.3. The van der Waals surface area contributed by atoms with Gasteiger partial charge in [-0.1, -0.05) is 0 Å². The summed E-state index contributed by atoms with van der Waals surface area (Å²) in [4.78, 5) is 23.6. The first-order valence-corrected chi connectivity index (χ1v) is 8.05. The third-order valence-electron chi connectivity index (χ3n) is 2.56. The van der Waals surface area contributed by atoms with Crippen LogP contribution in [0.4, 0.5) is 0 Å². The second-order valence-corrected chi connectivity index (χ2v) is 5.59. The molecule has 0 aliphatic carbocycles. The average Bonchev–Trinajstić information content (AvgIpc) is 2.48. The standard InChI is InChI=1S/C14H12IN2O4/c18-11-7-3-1-5-9(11)13(20)16-15-17-14(21)10-6-2-4-8-12(10)19/h1-8,18-19H,(H,16,20)(H,17,21)/q-1. The molecule has 0 aromatic heterocycles. The molecule has 0 radical (unpaired) electrons. The van der Waals surface area contributed by atoms with Gasteiger partial charge in [-0.15, -0.1) is 0 Å². The molecule has 21 heavy (non-hydrogen) atoms. The van der Waals surface area contributed by atoms with Crippen LogP contribution in [0.1, 0.15) is 20.7 Å². The Kier molecular flexibility index (Phi) is 4.99. The van der Waals surface area contributed by atoms with Crippen molar-refractivity contribution in [3.8, 4) is 11.5 Å². The maximum atomic E-state index is 11.8. The van der Waals surface area contributed by atoms with Gasteiger partial charge in [-0.2, -0.15) is 0 Å². The van der Waals surface area contributed by atoms with E-state index in [2.05, 4.69) is 7.06 Å². The number of carbonyl (C=O) groups excluding carboxylic acids is 2. The third-order valence-corrected chi connectivity index (χ3v) is 4.08. The van der Waals surface area contributed by atoms with Crippen molar-refractivity contribution in [3.63, 3.8) is 0 Å². The van der Waals surface area contributed by atoms with Crippen molar-refractivity contribution in [2.75, 3.05) is 0 Å². The van der Waals surface area contributed by atoms with Crippen molar-refractivity contribution in [1.29, 1.82) is 0 Å². The number of aromatic hydroxyl groups is 2. The molecule has 2 aromatic rings. The van der Waals surface area contributed by atoms with Gasteiger partial charge in [0.25, 0.3) is 0 Å². The van der Waals surface area contributed by atoms with E-state index in [-0.39, 0.29) is 22.6 Å². The molecule has 0 unspecified atom stereocenters. The van der Waals surface area contributed by atoms with Gasteiger partial charge >= 0.3 is 132 Å². The number of halogens is 1. The van der Waals surface area contributed by atoms with Crippen LogP contribution in [0.2, 0.25) is 0 Å². The molecule has 7 heteroatoms. The molecule has 6 nitrogen and oxygen atoms in total. The van der Waals surface area contributed by atoms with Crippen molar-refractivity contribution in [3.05, 3.63) is 59.7 Å². The molecule has 0 fully saturated rings. The summed E-state index contributed by atoms with van der Waals surface area (Å²) in [7, 11) is 0. The van der Waals surface area contributed by atoms with E-state index in [1.807, 2.05) is 0 Å². The Labute approximate surface area is 131 Å². The Morgan fingerprint density at radius 1 is 0.762 bits per heavy atom. The topological polar surface area (TPSA) is 98.7 Å². The van der Waals surface area contributed by atoms with E-state index in [4.69, 9.17) is 0 Å². The summed E-state index contributed by atoms with van der Waals surface area (Å²) in [5.41, 5.74) is 0.294. The van der Waals surface area contributed by atoms with Gasteiger partial charge in [0.15, 0.2) is 0 Å². The second-order valence-electron chi connectivity index (χ2n) is 3.98. The van der Waals surface area contributed by atoms with Crippen molar-refractivity contribution >= 4 is 11.8 Å². The molecular formula is C14H12IN2O4-. The normalized spacial score (nSPS) is 10.1. The van der Waals surface area contributed by atoms with Crippen LogP contribution in [-0.2, 0) is 0 Å².